The van der Waals surface area contributed by atoms with Crippen molar-refractivity contribution in [3.05, 3.63) is 60.2 Å². The SMILES string of the molecule is O=C(NCCCN1CCC(N2CCCCC2)CC1)c1ccc(-c2ccccc2)cc1. The summed E-state index contributed by atoms with van der Waals surface area (Å²) in [5, 5.41) is 3.08. The molecule has 1 N–H and O–H groups in total. The van der Waals surface area contributed by atoms with Gasteiger partial charge in [0.2, 0.25) is 0 Å². The molecular formula is C26H35N3O. The number of nitrogens with zero attached hydrogens (tertiary/aromatic N) is 2. The van der Waals surface area contributed by atoms with Gasteiger partial charge in [0.25, 0.3) is 5.91 Å². The number of carbonyl (C=O) groups is 1. The number of amides is 1. The molecule has 4 nitrogen and oxygen atoms in total. The molecule has 2 saturated heterocycles. The highest BCUT2D eigenvalue weighted by Gasteiger charge is 2.25. The second-order valence-electron chi connectivity index (χ2n) is 8.72. The fraction of sp³-hybridized carbons (Fsp3) is 0.500. The normalized spacial score (nSPS) is 18.9. The van der Waals surface area contributed by atoms with Crippen LogP contribution in [-0.2, 0) is 0 Å². The zero-order valence-corrected chi connectivity index (χ0v) is 18.1. The third kappa shape index (κ3) is 5.71. The summed E-state index contributed by atoms with van der Waals surface area (Å²) >= 11 is 0. The van der Waals surface area contributed by atoms with Crippen LogP contribution in [0.15, 0.2) is 54.6 Å². The second-order valence-corrected chi connectivity index (χ2v) is 8.72. The van der Waals surface area contributed by atoms with E-state index in [1.54, 1.807) is 0 Å². The molecule has 0 atom stereocenters. The molecular weight excluding hydrogens is 370 g/mol. The van der Waals surface area contributed by atoms with E-state index in [1.165, 1.54) is 63.8 Å². The summed E-state index contributed by atoms with van der Waals surface area (Å²) in [6.07, 6.45) is 7.81. The molecule has 160 valence electrons. The fourth-order valence-electron chi connectivity index (χ4n) is 4.84. The van der Waals surface area contributed by atoms with Gasteiger partial charge < -0.3 is 15.1 Å². The first kappa shape index (κ1) is 21.1. The van der Waals surface area contributed by atoms with Crippen molar-refractivity contribution in [2.75, 3.05) is 39.3 Å². The van der Waals surface area contributed by atoms with Crippen molar-refractivity contribution < 1.29 is 4.79 Å². The van der Waals surface area contributed by atoms with Crippen molar-refractivity contribution in [1.82, 2.24) is 15.1 Å². The van der Waals surface area contributed by atoms with E-state index >= 15 is 0 Å². The number of piperidine rings is 2. The summed E-state index contributed by atoms with van der Waals surface area (Å²) in [4.78, 5) is 17.7. The number of benzene rings is 2. The highest BCUT2D eigenvalue weighted by molar-refractivity contribution is 5.94. The maximum absolute atomic E-state index is 12.4. The predicted molar refractivity (Wildman–Crippen MR) is 124 cm³/mol. The summed E-state index contributed by atoms with van der Waals surface area (Å²) in [7, 11) is 0. The molecule has 0 unspecified atom stereocenters. The Hall–Kier alpha value is -2.17. The Morgan fingerprint density at radius 1 is 0.833 bits per heavy atom. The molecule has 0 saturated carbocycles. The lowest BCUT2D eigenvalue weighted by molar-refractivity contribution is 0.0903. The first-order valence-corrected chi connectivity index (χ1v) is 11.7. The largest absolute Gasteiger partial charge is 0.352 e. The highest BCUT2D eigenvalue weighted by atomic mass is 16.1. The molecule has 4 rings (SSSR count). The molecule has 2 aliphatic heterocycles. The van der Waals surface area contributed by atoms with Crippen LogP contribution in [0.2, 0.25) is 0 Å². The first-order chi connectivity index (χ1) is 14.8. The van der Waals surface area contributed by atoms with E-state index in [2.05, 4.69) is 27.2 Å². The van der Waals surface area contributed by atoms with E-state index < -0.39 is 0 Å². The average molecular weight is 406 g/mol. The monoisotopic (exact) mass is 405 g/mol. The van der Waals surface area contributed by atoms with Gasteiger partial charge in [-0.25, -0.2) is 0 Å². The van der Waals surface area contributed by atoms with Crippen LogP contribution in [-0.4, -0.2) is 61.0 Å². The molecule has 2 heterocycles. The third-order valence-electron chi connectivity index (χ3n) is 6.66. The second kappa shape index (κ2) is 10.7. The van der Waals surface area contributed by atoms with Crippen LogP contribution in [0.5, 0.6) is 0 Å². The minimum Gasteiger partial charge on any atom is -0.352 e. The highest BCUT2D eigenvalue weighted by Crippen LogP contribution is 2.21. The summed E-state index contributed by atoms with van der Waals surface area (Å²) in [6.45, 7) is 6.85. The first-order valence-electron chi connectivity index (χ1n) is 11.7. The number of hydrogen-bond donors (Lipinski definition) is 1. The number of rotatable bonds is 7. The lowest BCUT2D eigenvalue weighted by Crippen LogP contribution is -2.47. The Morgan fingerprint density at radius 2 is 1.50 bits per heavy atom. The Balaban J connectivity index is 1.14. The van der Waals surface area contributed by atoms with Crippen LogP contribution in [0, 0.1) is 0 Å². The molecule has 2 aliphatic rings. The minimum absolute atomic E-state index is 0.0263. The van der Waals surface area contributed by atoms with Gasteiger partial charge in [0, 0.05) is 18.2 Å². The van der Waals surface area contributed by atoms with Crippen LogP contribution < -0.4 is 5.32 Å². The zero-order chi connectivity index (χ0) is 20.6. The molecule has 2 aromatic carbocycles. The van der Waals surface area contributed by atoms with E-state index in [4.69, 9.17) is 0 Å². The summed E-state index contributed by atoms with van der Waals surface area (Å²) in [5.74, 6) is 0.0263. The molecule has 2 fully saturated rings. The van der Waals surface area contributed by atoms with Gasteiger partial charge in [0.1, 0.15) is 0 Å². The molecule has 2 aromatic rings. The Morgan fingerprint density at radius 3 is 2.20 bits per heavy atom. The number of hydrogen-bond acceptors (Lipinski definition) is 3. The van der Waals surface area contributed by atoms with Crippen LogP contribution in [0.4, 0.5) is 0 Å². The van der Waals surface area contributed by atoms with Gasteiger partial charge in [-0.1, -0.05) is 48.9 Å². The molecule has 0 radical (unpaired) electrons. The van der Waals surface area contributed by atoms with Crippen molar-refractivity contribution >= 4 is 5.91 Å². The Labute approximate surface area is 181 Å². The molecule has 0 bridgehead atoms. The van der Waals surface area contributed by atoms with Crippen molar-refractivity contribution in [3.63, 3.8) is 0 Å². The molecule has 1 amide bonds. The Bertz CT molecular complexity index is 776. The van der Waals surface area contributed by atoms with Crippen LogP contribution in [0.3, 0.4) is 0 Å². The molecule has 4 heteroatoms. The zero-order valence-electron chi connectivity index (χ0n) is 18.1. The predicted octanol–water partition coefficient (Wildman–Crippen LogP) is 4.42. The van der Waals surface area contributed by atoms with Gasteiger partial charge in [-0.3, -0.25) is 4.79 Å². The van der Waals surface area contributed by atoms with Gasteiger partial charge in [-0.15, -0.1) is 0 Å². The number of nitrogens with one attached hydrogen (secondary N) is 1. The summed E-state index contributed by atoms with van der Waals surface area (Å²) in [6, 6.07) is 19.0. The van der Waals surface area contributed by atoms with Crippen molar-refractivity contribution in [3.8, 4) is 11.1 Å². The molecule has 0 aliphatic carbocycles. The van der Waals surface area contributed by atoms with Crippen molar-refractivity contribution in [2.24, 2.45) is 0 Å². The average Bonchev–Trinajstić information content (AvgIpc) is 2.83. The molecule has 30 heavy (non-hydrogen) atoms. The molecule has 0 aromatic heterocycles. The standard InChI is InChI=1S/C26H35N3O/c30-26(24-12-10-23(11-13-24)22-8-3-1-4-9-22)27-16-7-17-28-20-14-25(15-21-28)29-18-5-2-6-19-29/h1,3-4,8-13,25H,2,5-7,14-21H2,(H,27,30). The fourth-order valence-corrected chi connectivity index (χ4v) is 4.84. The van der Waals surface area contributed by atoms with Crippen LogP contribution in [0.1, 0.15) is 48.9 Å². The van der Waals surface area contributed by atoms with Crippen molar-refractivity contribution in [1.29, 1.82) is 0 Å². The third-order valence-corrected chi connectivity index (χ3v) is 6.66. The topological polar surface area (TPSA) is 35.6 Å². The van der Waals surface area contributed by atoms with E-state index in [0.717, 1.165) is 36.7 Å². The molecule has 0 spiro atoms. The lowest BCUT2D eigenvalue weighted by atomic mass is 10.00. The number of likely N-dealkylation sites (tertiary alicyclic amines) is 2. The minimum atomic E-state index is 0.0263. The van der Waals surface area contributed by atoms with Gasteiger partial charge in [0.05, 0.1) is 0 Å². The quantitative estimate of drug-likeness (QED) is 0.693. The number of carbonyl (C=O) groups excluding carboxylic acids is 1. The maximum atomic E-state index is 12.4. The van der Waals surface area contributed by atoms with Crippen molar-refractivity contribution in [2.45, 2.75) is 44.6 Å². The van der Waals surface area contributed by atoms with Gasteiger partial charge in [0.15, 0.2) is 0 Å². The van der Waals surface area contributed by atoms with Crippen LogP contribution in [0.25, 0.3) is 11.1 Å². The maximum Gasteiger partial charge on any atom is 0.251 e. The van der Waals surface area contributed by atoms with E-state index in [-0.39, 0.29) is 5.91 Å². The van der Waals surface area contributed by atoms with Crippen LogP contribution >= 0.6 is 0 Å². The van der Waals surface area contributed by atoms with E-state index in [9.17, 15) is 4.79 Å². The van der Waals surface area contributed by atoms with Gasteiger partial charge in [-0.2, -0.15) is 0 Å². The summed E-state index contributed by atoms with van der Waals surface area (Å²) in [5.41, 5.74) is 3.05. The van der Waals surface area contributed by atoms with E-state index in [0.29, 0.717) is 0 Å². The van der Waals surface area contributed by atoms with Gasteiger partial charge in [-0.05, 0) is 88.1 Å². The Kier molecular flexibility index (Phi) is 7.54. The lowest BCUT2D eigenvalue weighted by Gasteiger charge is -2.40. The smallest absolute Gasteiger partial charge is 0.251 e. The van der Waals surface area contributed by atoms with Gasteiger partial charge >= 0.3 is 0 Å². The van der Waals surface area contributed by atoms with E-state index in [1.807, 2.05) is 42.5 Å². The summed E-state index contributed by atoms with van der Waals surface area (Å²) < 4.78 is 0.